The Morgan fingerprint density at radius 2 is 2.06 bits per heavy atom. The zero-order valence-corrected chi connectivity index (χ0v) is 10.3. The normalized spacial score (nSPS) is 10.8. The van der Waals surface area contributed by atoms with Gasteiger partial charge in [-0.05, 0) is 24.3 Å². The summed E-state index contributed by atoms with van der Waals surface area (Å²) in [7, 11) is 3.64. The van der Waals surface area contributed by atoms with E-state index >= 15 is 0 Å². The van der Waals surface area contributed by atoms with E-state index in [0.717, 1.165) is 5.56 Å². The monoisotopic (exact) mass is 239 g/mol. The first-order valence-electron chi connectivity index (χ1n) is 5.70. The second-order valence-electron chi connectivity index (χ2n) is 4.12. The minimum Gasteiger partial charge on any atom is -0.481 e. The Kier molecular flexibility index (Phi) is 2.48. The summed E-state index contributed by atoms with van der Waals surface area (Å²) < 4.78 is 7.20. The SMILES string of the molecule is COc1ccnc(-c2ccc3c(ccn3C)c2)n1. The van der Waals surface area contributed by atoms with Crippen LogP contribution in [-0.2, 0) is 7.05 Å². The van der Waals surface area contributed by atoms with Crippen LogP contribution >= 0.6 is 0 Å². The molecule has 2 heterocycles. The number of aryl methyl sites for hydroxylation is 1. The molecule has 0 atom stereocenters. The zero-order valence-electron chi connectivity index (χ0n) is 10.3. The standard InChI is InChI=1S/C14H13N3O/c1-17-8-6-10-9-11(3-4-12(10)17)14-15-7-5-13(16-14)18-2/h3-9H,1-2H3. The van der Waals surface area contributed by atoms with Gasteiger partial charge < -0.3 is 9.30 Å². The number of hydrogen-bond donors (Lipinski definition) is 0. The second-order valence-corrected chi connectivity index (χ2v) is 4.12. The molecule has 4 heteroatoms. The molecule has 4 nitrogen and oxygen atoms in total. The van der Waals surface area contributed by atoms with Gasteiger partial charge in [-0.1, -0.05) is 0 Å². The van der Waals surface area contributed by atoms with Gasteiger partial charge in [0.05, 0.1) is 7.11 Å². The molecule has 0 saturated heterocycles. The molecule has 0 aliphatic rings. The van der Waals surface area contributed by atoms with Crippen molar-refractivity contribution in [2.45, 2.75) is 0 Å². The maximum Gasteiger partial charge on any atom is 0.216 e. The van der Waals surface area contributed by atoms with Gasteiger partial charge in [0.15, 0.2) is 5.82 Å². The van der Waals surface area contributed by atoms with E-state index in [0.29, 0.717) is 11.7 Å². The Hall–Kier alpha value is -2.36. The number of nitrogens with zero attached hydrogens (tertiary/aromatic N) is 3. The van der Waals surface area contributed by atoms with Crippen molar-refractivity contribution >= 4 is 10.9 Å². The van der Waals surface area contributed by atoms with E-state index in [9.17, 15) is 0 Å². The number of fused-ring (bicyclic) bond motifs is 1. The maximum atomic E-state index is 5.11. The fraction of sp³-hybridized carbons (Fsp3) is 0.143. The summed E-state index contributed by atoms with van der Waals surface area (Å²) in [5.74, 6) is 1.26. The van der Waals surface area contributed by atoms with Crippen molar-refractivity contribution in [3.8, 4) is 17.3 Å². The van der Waals surface area contributed by atoms with Crippen LogP contribution in [-0.4, -0.2) is 21.6 Å². The van der Waals surface area contributed by atoms with Gasteiger partial charge >= 0.3 is 0 Å². The molecule has 1 aromatic carbocycles. The predicted octanol–water partition coefficient (Wildman–Crippen LogP) is 2.64. The van der Waals surface area contributed by atoms with Crippen molar-refractivity contribution in [3.05, 3.63) is 42.7 Å². The molecule has 0 fully saturated rings. The number of rotatable bonds is 2. The van der Waals surface area contributed by atoms with Crippen molar-refractivity contribution in [1.29, 1.82) is 0 Å². The molecular formula is C14H13N3O. The molecule has 0 aliphatic carbocycles. The van der Waals surface area contributed by atoms with Crippen LogP contribution in [0.25, 0.3) is 22.3 Å². The first kappa shape index (κ1) is 10.8. The molecule has 0 aliphatic heterocycles. The summed E-state index contributed by atoms with van der Waals surface area (Å²) in [5, 5.41) is 1.18. The van der Waals surface area contributed by atoms with E-state index in [-0.39, 0.29) is 0 Å². The number of aromatic nitrogens is 3. The molecule has 90 valence electrons. The molecule has 0 amide bonds. The second kappa shape index (κ2) is 4.14. The van der Waals surface area contributed by atoms with E-state index in [2.05, 4.69) is 32.7 Å². The highest BCUT2D eigenvalue weighted by Crippen LogP contribution is 2.23. The average Bonchev–Trinajstić information content (AvgIpc) is 2.80. The molecular weight excluding hydrogens is 226 g/mol. The Morgan fingerprint density at radius 1 is 1.17 bits per heavy atom. The molecule has 0 unspecified atom stereocenters. The van der Waals surface area contributed by atoms with Crippen LogP contribution in [0.15, 0.2) is 42.7 Å². The van der Waals surface area contributed by atoms with Crippen molar-refractivity contribution in [2.75, 3.05) is 7.11 Å². The summed E-state index contributed by atoms with van der Waals surface area (Å²) >= 11 is 0. The first-order chi connectivity index (χ1) is 8.78. The van der Waals surface area contributed by atoms with Crippen molar-refractivity contribution in [3.63, 3.8) is 0 Å². The van der Waals surface area contributed by atoms with Gasteiger partial charge in [0.25, 0.3) is 0 Å². The van der Waals surface area contributed by atoms with Crippen LogP contribution in [0.2, 0.25) is 0 Å². The van der Waals surface area contributed by atoms with Gasteiger partial charge in [-0.2, -0.15) is 4.98 Å². The van der Waals surface area contributed by atoms with Crippen molar-refractivity contribution in [2.24, 2.45) is 7.05 Å². The summed E-state index contributed by atoms with van der Waals surface area (Å²) in [6.07, 6.45) is 3.75. The lowest BCUT2D eigenvalue weighted by Crippen LogP contribution is -1.92. The van der Waals surface area contributed by atoms with Crippen molar-refractivity contribution < 1.29 is 4.74 Å². The number of methoxy groups -OCH3 is 1. The lowest BCUT2D eigenvalue weighted by molar-refractivity contribution is 0.397. The van der Waals surface area contributed by atoms with Gasteiger partial charge in [0.1, 0.15) is 0 Å². The highest BCUT2D eigenvalue weighted by Gasteiger charge is 2.05. The fourth-order valence-corrected chi connectivity index (χ4v) is 2.02. The quantitative estimate of drug-likeness (QED) is 0.690. The summed E-state index contributed by atoms with van der Waals surface area (Å²) in [5.41, 5.74) is 2.19. The van der Waals surface area contributed by atoms with Gasteiger partial charge in [0, 0.05) is 42.0 Å². The van der Waals surface area contributed by atoms with E-state index in [1.807, 2.05) is 19.3 Å². The highest BCUT2D eigenvalue weighted by atomic mass is 16.5. The third kappa shape index (κ3) is 1.72. The van der Waals surface area contributed by atoms with Crippen LogP contribution in [0, 0.1) is 0 Å². The topological polar surface area (TPSA) is 39.9 Å². The van der Waals surface area contributed by atoms with E-state index < -0.39 is 0 Å². The van der Waals surface area contributed by atoms with Gasteiger partial charge in [0.2, 0.25) is 5.88 Å². The van der Waals surface area contributed by atoms with Crippen LogP contribution < -0.4 is 4.74 Å². The zero-order chi connectivity index (χ0) is 12.5. The molecule has 18 heavy (non-hydrogen) atoms. The Morgan fingerprint density at radius 3 is 2.89 bits per heavy atom. The van der Waals surface area contributed by atoms with Crippen LogP contribution in [0.5, 0.6) is 5.88 Å². The fourth-order valence-electron chi connectivity index (χ4n) is 2.02. The molecule has 2 aromatic heterocycles. The minimum atomic E-state index is 0.577. The Balaban J connectivity index is 2.13. The highest BCUT2D eigenvalue weighted by molar-refractivity contribution is 5.84. The minimum absolute atomic E-state index is 0.577. The molecule has 0 bridgehead atoms. The number of benzene rings is 1. The van der Waals surface area contributed by atoms with E-state index in [1.54, 1.807) is 19.4 Å². The van der Waals surface area contributed by atoms with E-state index in [4.69, 9.17) is 4.74 Å². The average molecular weight is 239 g/mol. The predicted molar refractivity (Wildman–Crippen MR) is 70.5 cm³/mol. The van der Waals surface area contributed by atoms with Crippen molar-refractivity contribution in [1.82, 2.24) is 14.5 Å². The maximum absolute atomic E-state index is 5.11. The molecule has 0 saturated carbocycles. The summed E-state index contributed by atoms with van der Waals surface area (Å²) in [6, 6.07) is 10.0. The largest absolute Gasteiger partial charge is 0.481 e. The molecule has 0 radical (unpaired) electrons. The molecule has 3 aromatic rings. The number of hydrogen-bond acceptors (Lipinski definition) is 3. The van der Waals surface area contributed by atoms with E-state index in [1.165, 1.54) is 10.9 Å². The number of ether oxygens (including phenoxy) is 1. The third-order valence-corrected chi connectivity index (χ3v) is 2.98. The molecule has 3 rings (SSSR count). The Labute approximate surface area is 105 Å². The van der Waals surface area contributed by atoms with Crippen LogP contribution in [0.3, 0.4) is 0 Å². The summed E-state index contributed by atoms with van der Waals surface area (Å²) in [6.45, 7) is 0. The molecule has 0 N–H and O–H groups in total. The smallest absolute Gasteiger partial charge is 0.216 e. The third-order valence-electron chi connectivity index (χ3n) is 2.98. The van der Waals surface area contributed by atoms with Gasteiger partial charge in [-0.25, -0.2) is 4.98 Å². The lowest BCUT2D eigenvalue weighted by atomic mass is 10.1. The lowest BCUT2D eigenvalue weighted by Gasteiger charge is -2.03. The first-order valence-corrected chi connectivity index (χ1v) is 5.70. The van der Waals surface area contributed by atoms with Crippen LogP contribution in [0.1, 0.15) is 0 Å². The van der Waals surface area contributed by atoms with Crippen LogP contribution in [0.4, 0.5) is 0 Å². The summed E-state index contributed by atoms with van der Waals surface area (Å²) in [4.78, 5) is 8.61. The van der Waals surface area contributed by atoms with Gasteiger partial charge in [-0.15, -0.1) is 0 Å². The van der Waals surface area contributed by atoms with Gasteiger partial charge in [-0.3, -0.25) is 0 Å². The Bertz CT molecular complexity index is 703. The molecule has 0 spiro atoms.